The van der Waals surface area contributed by atoms with Gasteiger partial charge in [-0.25, -0.2) is 4.79 Å². The molecule has 2 aromatic rings. The van der Waals surface area contributed by atoms with Crippen LogP contribution in [0.3, 0.4) is 0 Å². The lowest BCUT2D eigenvalue weighted by molar-refractivity contribution is -0.129. The fourth-order valence-electron chi connectivity index (χ4n) is 2.42. The summed E-state index contributed by atoms with van der Waals surface area (Å²) in [4.78, 5) is 11.3. The quantitative estimate of drug-likeness (QED) is 0.905. The smallest absolute Gasteiger partial charge is 0.352 e. The van der Waals surface area contributed by atoms with E-state index < -0.39 is 5.97 Å². The third kappa shape index (κ3) is 2.93. The van der Waals surface area contributed by atoms with Crippen LogP contribution in [0.1, 0.15) is 18.0 Å². The van der Waals surface area contributed by atoms with Crippen molar-refractivity contribution in [3.8, 4) is 0 Å². The SMILES string of the molecule is O=C(O)C1=NN(c2ccc(Cl)cc2)C(c2ccc(Cl)cc2)C1. The standard InChI is InChI=1S/C16H12Cl2N2O2/c17-11-3-1-10(2-4-11)15-9-14(16(21)22)19-20(15)13-7-5-12(18)6-8-13/h1-8,15H,9H2,(H,21,22). The van der Waals surface area contributed by atoms with Crippen molar-refractivity contribution < 1.29 is 9.90 Å². The van der Waals surface area contributed by atoms with Crippen LogP contribution in [0, 0.1) is 0 Å². The lowest BCUT2D eigenvalue weighted by Gasteiger charge is -2.24. The molecule has 6 heteroatoms. The number of carbonyl (C=O) groups is 1. The summed E-state index contributed by atoms with van der Waals surface area (Å²) >= 11 is 11.8. The predicted octanol–water partition coefficient (Wildman–Crippen LogP) is 4.39. The molecular weight excluding hydrogens is 323 g/mol. The van der Waals surface area contributed by atoms with E-state index in [9.17, 15) is 9.90 Å². The fraction of sp³-hybridized carbons (Fsp3) is 0.125. The average molecular weight is 335 g/mol. The maximum Gasteiger partial charge on any atom is 0.352 e. The van der Waals surface area contributed by atoms with Gasteiger partial charge in [-0.3, -0.25) is 5.01 Å². The molecule has 1 atom stereocenters. The van der Waals surface area contributed by atoms with Gasteiger partial charge in [0.2, 0.25) is 0 Å². The highest BCUT2D eigenvalue weighted by atomic mass is 35.5. The summed E-state index contributed by atoms with van der Waals surface area (Å²) in [7, 11) is 0. The second-order valence-corrected chi connectivity index (χ2v) is 5.82. The molecule has 3 rings (SSSR count). The lowest BCUT2D eigenvalue weighted by Crippen LogP contribution is -2.18. The van der Waals surface area contributed by atoms with Gasteiger partial charge in [-0.1, -0.05) is 35.3 Å². The van der Waals surface area contributed by atoms with Gasteiger partial charge >= 0.3 is 5.97 Å². The zero-order chi connectivity index (χ0) is 15.7. The van der Waals surface area contributed by atoms with Crippen LogP contribution in [-0.4, -0.2) is 16.8 Å². The number of benzene rings is 2. The Labute approximate surface area is 137 Å². The summed E-state index contributed by atoms with van der Waals surface area (Å²) in [6, 6.07) is 14.3. The van der Waals surface area contributed by atoms with Crippen molar-refractivity contribution in [3.05, 3.63) is 64.1 Å². The van der Waals surface area contributed by atoms with Crippen molar-refractivity contribution in [2.24, 2.45) is 5.10 Å². The minimum atomic E-state index is -1.00. The predicted molar refractivity (Wildman–Crippen MR) is 87.8 cm³/mol. The summed E-state index contributed by atoms with van der Waals surface area (Å²) in [5, 5.41) is 16.4. The van der Waals surface area contributed by atoms with Gasteiger partial charge in [0.25, 0.3) is 0 Å². The zero-order valence-electron chi connectivity index (χ0n) is 11.4. The highest BCUT2D eigenvalue weighted by Gasteiger charge is 2.32. The molecule has 0 amide bonds. The Balaban J connectivity index is 1.99. The Hall–Kier alpha value is -2.04. The summed E-state index contributed by atoms with van der Waals surface area (Å²) in [6.07, 6.45) is 0.333. The average Bonchev–Trinajstić information content (AvgIpc) is 2.94. The van der Waals surface area contributed by atoms with E-state index in [0.717, 1.165) is 11.3 Å². The third-order valence-electron chi connectivity index (χ3n) is 3.50. The molecule has 4 nitrogen and oxygen atoms in total. The van der Waals surface area contributed by atoms with E-state index in [2.05, 4.69) is 5.10 Å². The van der Waals surface area contributed by atoms with Crippen LogP contribution in [-0.2, 0) is 4.79 Å². The maximum atomic E-state index is 11.3. The Bertz CT molecular complexity index is 727. The van der Waals surface area contributed by atoms with Crippen molar-refractivity contribution >= 4 is 40.6 Å². The second kappa shape index (κ2) is 5.99. The molecular formula is C16H12Cl2N2O2. The molecule has 1 heterocycles. The Morgan fingerprint density at radius 2 is 1.59 bits per heavy atom. The summed E-state index contributed by atoms with van der Waals surface area (Å²) < 4.78 is 0. The van der Waals surface area contributed by atoms with Gasteiger partial charge < -0.3 is 5.11 Å². The molecule has 1 aliphatic rings. The van der Waals surface area contributed by atoms with Crippen LogP contribution in [0.4, 0.5) is 5.69 Å². The number of hydrazone groups is 1. The van der Waals surface area contributed by atoms with E-state index in [1.807, 2.05) is 24.3 Å². The fourth-order valence-corrected chi connectivity index (χ4v) is 2.67. The molecule has 1 unspecified atom stereocenters. The third-order valence-corrected chi connectivity index (χ3v) is 4.01. The summed E-state index contributed by atoms with van der Waals surface area (Å²) in [5.74, 6) is -1.00. The molecule has 112 valence electrons. The van der Waals surface area contributed by atoms with Crippen LogP contribution < -0.4 is 5.01 Å². The van der Waals surface area contributed by atoms with Crippen molar-refractivity contribution in [1.29, 1.82) is 0 Å². The van der Waals surface area contributed by atoms with Crippen LogP contribution in [0.25, 0.3) is 0 Å². The second-order valence-electron chi connectivity index (χ2n) is 4.94. The monoisotopic (exact) mass is 334 g/mol. The first kappa shape index (κ1) is 14.9. The molecule has 0 saturated heterocycles. The normalized spacial score (nSPS) is 17.5. The first-order valence-corrected chi connectivity index (χ1v) is 7.41. The molecule has 0 saturated carbocycles. The molecule has 22 heavy (non-hydrogen) atoms. The van der Waals surface area contributed by atoms with E-state index in [1.165, 1.54) is 0 Å². The number of anilines is 1. The highest BCUT2D eigenvalue weighted by Crippen LogP contribution is 2.36. The minimum absolute atomic E-state index is 0.134. The molecule has 0 fully saturated rings. The largest absolute Gasteiger partial charge is 0.477 e. The van der Waals surface area contributed by atoms with Crippen LogP contribution >= 0.6 is 23.2 Å². The number of hydrogen-bond donors (Lipinski definition) is 1. The number of hydrogen-bond acceptors (Lipinski definition) is 3. The minimum Gasteiger partial charge on any atom is -0.477 e. The van der Waals surface area contributed by atoms with Gasteiger partial charge in [-0.15, -0.1) is 0 Å². The zero-order valence-corrected chi connectivity index (χ0v) is 12.9. The number of carboxylic acid groups (broad SMARTS) is 1. The lowest BCUT2D eigenvalue weighted by atomic mass is 10.0. The summed E-state index contributed by atoms with van der Waals surface area (Å²) in [6.45, 7) is 0. The van der Waals surface area contributed by atoms with Crippen molar-refractivity contribution in [2.45, 2.75) is 12.5 Å². The molecule has 0 aliphatic carbocycles. The van der Waals surface area contributed by atoms with E-state index >= 15 is 0 Å². The van der Waals surface area contributed by atoms with Crippen molar-refractivity contribution in [1.82, 2.24) is 0 Å². The number of halogens is 2. The van der Waals surface area contributed by atoms with Gasteiger partial charge in [-0.2, -0.15) is 5.10 Å². The number of carboxylic acids is 1. The highest BCUT2D eigenvalue weighted by molar-refractivity contribution is 6.36. The molecule has 1 aliphatic heterocycles. The number of rotatable bonds is 3. The molecule has 0 spiro atoms. The number of nitrogens with zero attached hydrogens (tertiary/aromatic N) is 2. The van der Waals surface area contributed by atoms with Gasteiger partial charge in [0.1, 0.15) is 5.71 Å². The maximum absolute atomic E-state index is 11.3. The van der Waals surface area contributed by atoms with Gasteiger partial charge in [0.15, 0.2) is 0 Å². The van der Waals surface area contributed by atoms with E-state index in [4.69, 9.17) is 23.2 Å². The first-order chi connectivity index (χ1) is 10.5. The Morgan fingerprint density at radius 3 is 2.14 bits per heavy atom. The van der Waals surface area contributed by atoms with E-state index in [-0.39, 0.29) is 11.8 Å². The molecule has 0 radical (unpaired) electrons. The van der Waals surface area contributed by atoms with Crippen molar-refractivity contribution in [3.63, 3.8) is 0 Å². The Kier molecular flexibility index (Phi) is 4.05. The van der Waals surface area contributed by atoms with Crippen molar-refractivity contribution in [2.75, 3.05) is 5.01 Å². The molecule has 2 aromatic carbocycles. The molecule has 0 aromatic heterocycles. The topological polar surface area (TPSA) is 52.9 Å². The Morgan fingerprint density at radius 1 is 1.05 bits per heavy atom. The summed E-state index contributed by atoms with van der Waals surface area (Å²) in [5.41, 5.74) is 1.88. The van der Waals surface area contributed by atoms with Gasteiger partial charge in [0.05, 0.1) is 11.7 Å². The molecule has 1 N–H and O–H groups in total. The van der Waals surface area contributed by atoms with Crippen LogP contribution in [0.15, 0.2) is 53.6 Å². The van der Waals surface area contributed by atoms with E-state index in [1.54, 1.807) is 29.3 Å². The van der Waals surface area contributed by atoms with Gasteiger partial charge in [0, 0.05) is 16.5 Å². The first-order valence-electron chi connectivity index (χ1n) is 6.65. The van der Waals surface area contributed by atoms with E-state index in [0.29, 0.717) is 16.5 Å². The van der Waals surface area contributed by atoms with Crippen LogP contribution in [0.2, 0.25) is 10.0 Å². The number of aliphatic carboxylic acids is 1. The van der Waals surface area contributed by atoms with Gasteiger partial charge in [-0.05, 0) is 42.0 Å². The van der Waals surface area contributed by atoms with Crippen LogP contribution in [0.5, 0.6) is 0 Å². The molecule has 0 bridgehead atoms.